The zero-order valence-electron chi connectivity index (χ0n) is 49.5. The molecule has 0 atom stereocenters. The van der Waals surface area contributed by atoms with Crippen molar-refractivity contribution in [1.29, 1.82) is 0 Å². The van der Waals surface area contributed by atoms with Crippen LogP contribution < -0.4 is 15.4 Å². The third-order valence-electron chi connectivity index (χ3n) is 9.57. The Balaban J connectivity index is 2.30. The summed E-state index contributed by atoms with van der Waals surface area (Å²) in [7, 11) is 0. The molecule has 2 rings (SSSR count). The topological polar surface area (TPSA) is 238 Å². The van der Waals surface area contributed by atoms with Crippen molar-refractivity contribution in [1.82, 2.24) is 25.3 Å². The van der Waals surface area contributed by atoms with Crippen LogP contribution in [-0.4, -0.2) is 141 Å². The van der Waals surface area contributed by atoms with Gasteiger partial charge >= 0.3 is 36.6 Å². The molecule has 0 bridgehead atoms. The van der Waals surface area contributed by atoms with Crippen LogP contribution in [0.3, 0.4) is 0 Å². The van der Waals surface area contributed by atoms with Gasteiger partial charge in [-0.05, 0) is 188 Å². The predicted octanol–water partition coefficient (Wildman–Crippen LogP) is 12.1. The van der Waals surface area contributed by atoms with Crippen molar-refractivity contribution in [2.75, 3.05) is 32.8 Å². The Morgan fingerprint density at radius 3 is 1.43 bits per heavy atom. The van der Waals surface area contributed by atoms with Gasteiger partial charge in [0.1, 0.15) is 45.2 Å². The summed E-state index contributed by atoms with van der Waals surface area (Å²) in [6, 6.07) is 7.25. The van der Waals surface area contributed by atoms with Crippen molar-refractivity contribution in [3.63, 3.8) is 0 Å². The van der Waals surface area contributed by atoms with Crippen molar-refractivity contribution in [3.05, 3.63) is 29.8 Å². The molecule has 0 saturated heterocycles. The van der Waals surface area contributed by atoms with Gasteiger partial charge in [-0.2, -0.15) is 0 Å². The van der Waals surface area contributed by atoms with E-state index in [1.54, 1.807) is 121 Å². The SMILES string of the molecule is CC1(C)CN(C(=O)OC(C)(C)C)C(c2ccc(OCCCCN(C(=O)OC(C)(C)C)C(=NC(=O)OC(C)(C)C)N(CCCCCCCCN=C(NC(=O)OC(C)(C)C)NC(=O)OC(C)(C)C)C(=O)OC(C)(C)C)cc2)=N1. The first-order chi connectivity index (χ1) is 34.6. The van der Waals surface area contributed by atoms with Gasteiger partial charge in [-0.1, -0.05) is 25.7 Å². The average Bonchev–Trinajstić information content (AvgIpc) is 3.53. The Labute approximate surface area is 452 Å². The van der Waals surface area contributed by atoms with E-state index < -0.39 is 75.7 Å². The molecular weight excluding hydrogens is 981 g/mol. The number of amides is 6. The van der Waals surface area contributed by atoms with Crippen LogP contribution in [0.25, 0.3) is 0 Å². The van der Waals surface area contributed by atoms with E-state index in [0.717, 1.165) is 29.7 Å². The fourth-order valence-electron chi connectivity index (χ4n) is 6.80. The number of hydrogen-bond donors (Lipinski definition) is 2. The number of amidine groups is 1. The van der Waals surface area contributed by atoms with Gasteiger partial charge in [0.15, 0.2) is 0 Å². The lowest BCUT2D eigenvalue weighted by Crippen LogP contribution is -2.53. The van der Waals surface area contributed by atoms with Crippen molar-refractivity contribution in [2.45, 2.75) is 229 Å². The van der Waals surface area contributed by atoms with Gasteiger partial charge in [0.25, 0.3) is 0 Å². The number of aliphatic imine (C=N–C) groups is 3. The van der Waals surface area contributed by atoms with Crippen LogP contribution in [-0.2, 0) is 28.4 Å². The summed E-state index contributed by atoms with van der Waals surface area (Å²) in [4.78, 5) is 97.4. The molecule has 0 unspecified atom stereocenters. The zero-order chi connectivity index (χ0) is 58.1. The van der Waals surface area contributed by atoms with E-state index in [0.29, 0.717) is 50.2 Å². The lowest BCUT2D eigenvalue weighted by molar-refractivity contribution is 0.0266. The number of carbonyl (C=O) groups is 6. The maximum absolute atomic E-state index is 14.2. The quantitative estimate of drug-likeness (QED) is 0.0679. The minimum Gasteiger partial charge on any atom is -0.494 e. The van der Waals surface area contributed by atoms with Gasteiger partial charge in [0, 0.05) is 25.2 Å². The molecule has 2 N–H and O–H groups in total. The van der Waals surface area contributed by atoms with Crippen LogP contribution in [0.2, 0.25) is 0 Å². The van der Waals surface area contributed by atoms with Crippen molar-refractivity contribution in [3.8, 4) is 5.75 Å². The number of alkyl carbamates (subject to hydrolysis) is 2. The van der Waals surface area contributed by atoms with Crippen LogP contribution in [0.5, 0.6) is 5.75 Å². The lowest BCUT2D eigenvalue weighted by Gasteiger charge is -2.34. The minimum atomic E-state index is -1.02. The van der Waals surface area contributed by atoms with Gasteiger partial charge in [0.05, 0.1) is 18.7 Å². The molecule has 0 fully saturated rings. The van der Waals surface area contributed by atoms with Crippen LogP contribution in [0.15, 0.2) is 39.2 Å². The number of carbonyl (C=O) groups excluding carboxylic acids is 6. The molecule has 21 heteroatoms. The first kappa shape index (κ1) is 66.0. The maximum atomic E-state index is 14.2. The molecule has 21 nitrogen and oxygen atoms in total. The van der Waals surface area contributed by atoms with E-state index in [4.69, 9.17) is 38.2 Å². The second-order valence-electron chi connectivity index (χ2n) is 25.2. The van der Waals surface area contributed by atoms with Crippen LogP contribution in [0, 0.1) is 0 Å². The minimum absolute atomic E-state index is 0.0225. The highest BCUT2D eigenvalue weighted by atomic mass is 16.6. The molecule has 1 aromatic carbocycles. The van der Waals surface area contributed by atoms with Gasteiger partial charge in [-0.3, -0.25) is 25.5 Å². The first-order valence-corrected chi connectivity index (χ1v) is 26.3. The van der Waals surface area contributed by atoms with Gasteiger partial charge < -0.3 is 33.2 Å². The molecule has 430 valence electrons. The smallest absolute Gasteiger partial charge is 0.437 e. The van der Waals surface area contributed by atoms with E-state index >= 15 is 0 Å². The number of hydrogen-bond acceptors (Lipinski definition) is 15. The molecule has 1 aliphatic heterocycles. The number of ether oxygens (including phenoxy) is 7. The van der Waals surface area contributed by atoms with Crippen LogP contribution in [0.4, 0.5) is 28.8 Å². The van der Waals surface area contributed by atoms with Crippen molar-refractivity contribution in [2.24, 2.45) is 15.0 Å². The molecule has 0 aromatic heterocycles. The molecule has 1 aliphatic rings. The van der Waals surface area contributed by atoms with Crippen molar-refractivity contribution < 1.29 is 61.9 Å². The summed E-state index contributed by atoms with van der Waals surface area (Å²) in [6.45, 7) is 35.9. The normalized spacial score (nSPS) is 14.1. The number of nitrogens with one attached hydrogen (secondary N) is 2. The summed E-state index contributed by atoms with van der Waals surface area (Å²) >= 11 is 0. The predicted molar refractivity (Wildman–Crippen MR) is 293 cm³/mol. The van der Waals surface area contributed by atoms with Gasteiger partial charge in [0.2, 0.25) is 11.9 Å². The molecule has 0 aliphatic carbocycles. The number of benzene rings is 1. The summed E-state index contributed by atoms with van der Waals surface area (Å²) in [5.41, 5.74) is -4.87. The molecular formula is C55H92N8O13. The molecule has 0 radical (unpaired) electrons. The standard InChI is InChI=1S/C55H92N8O13/c1-49(2,3)71-43(64)57-41(58-44(65)72-50(4,5)6)56-33-25-23-21-22-24-26-34-61(46(67)74-52(10,11)12)42(59-45(66)73-51(7,8)9)62(47(68)75-53(13,14)15)35-27-28-36-70-39-31-29-38(30-32-39)40-60-55(19,20)37-63(40)48(69)76-54(16,17)18/h29-32H,21-28,33-37H2,1-20H3,(H2,56,57,58,64,65). The third kappa shape index (κ3) is 28.1. The highest BCUT2D eigenvalue weighted by Gasteiger charge is 2.39. The average molecular weight is 1070 g/mol. The van der Waals surface area contributed by atoms with E-state index in [9.17, 15) is 28.8 Å². The Morgan fingerprint density at radius 1 is 0.566 bits per heavy atom. The summed E-state index contributed by atoms with van der Waals surface area (Å²) in [5.74, 6) is 0.678. The molecule has 6 amide bonds. The third-order valence-corrected chi connectivity index (χ3v) is 9.57. The van der Waals surface area contributed by atoms with Gasteiger partial charge in [-0.15, -0.1) is 4.99 Å². The van der Waals surface area contributed by atoms with E-state index in [1.807, 2.05) is 46.8 Å². The van der Waals surface area contributed by atoms with Crippen molar-refractivity contribution >= 4 is 54.3 Å². The van der Waals surface area contributed by atoms with E-state index in [-0.39, 0.29) is 38.2 Å². The van der Waals surface area contributed by atoms with Crippen LogP contribution >= 0.6 is 0 Å². The van der Waals surface area contributed by atoms with Gasteiger partial charge in [-0.25, -0.2) is 38.6 Å². The Kier molecular flexibility index (Phi) is 24.1. The number of nitrogens with zero attached hydrogens (tertiary/aromatic N) is 6. The Morgan fingerprint density at radius 2 is 0.987 bits per heavy atom. The Hall–Kier alpha value is -6.15. The second kappa shape index (κ2) is 27.8. The lowest BCUT2D eigenvalue weighted by atomic mass is 10.1. The molecule has 1 aromatic rings. The number of guanidine groups is 2. The second-order valence-corrected chi connectivity index (χ2v) is 25.2. The largest absolute Gasteiger partial charge is 0.494 e. The summed E-state index contributed by atoms with van der Waals surface area (Å²) in [5, 5.41) is 4.97. The first-order valence-electron chi connectivity index (χ1n) is 26.3. The number of unbranched alkanes of at least 4 members (excludes halogenated alkanes) is 6. The highest BCUT2D eigenvalue weighted by molar-refractivity contribution is 6.08. The summed E-state index contributed by atoms with van der Waals surface area (Å²) in [6.07, 6.45) is 0.0402. The molecule has 76 heavy (non-hydrogen) atoms. The maximum Gasteiger partial charge on any atom is 0.437 e. The zero-order valence-corrected chi connectivity index (χ0v) is 49.5. The number of rotatable bonds is 16. The highest BCUT2D eigenvalue weighted by Crippen LogP contribution is 2.27. The van der Waals surface area contributed by atoms with E-state index in [2.05, 4.69) is 20.6 Å². The summed E-state index contributed by atoms with van der Waals surface area (Å²) < 4.78 is 39.7. The van der Waals surface area contributed by atoms with Crippen LogP contribution in [0.1, 0.15) is 195 Å². The molecule has 1 heterocycles. The molecule has 0 saturated carbocycles. The van der Waals surface area contributed by atoms with E-state index in [1.165, 1.54) is 4.90 Å². The monoisotopic (exact) mass is 1070 g/mol. The Bertz CT molecular complexity index is 2170. The fourth-order valence-corrected chi connectivity index (χ4v) is 6.80. The fraction of sp³-hybridized carbons (Fsp3) is 0.727. The molecule has 0 spiro atoms.